The van der Waals surface area contributed by atoms with Crippen molar-refractivity contribution in [2.75, 3.05) is 18.1 Å². The number of sulfone groups is 1. The van der Waals surface area contributed by atoms with Crippen molar-refractivity contribution >= 4 is 15.8 Å². The van der Waals surface area contributed by atoms with Gasteiger partial charge in [0.15, 0.2) is 6.61 Å². The van der Waals surface area contributed by atoms with Crippen molar-refractivity contribution in [1.82, 2.24) is 0 Å². The summed E-state index contributed by atoms with van der Waals surface area (Å²) in [5.41, 5.74) is 0. The first-order valence-electron chi connectivity index (χ1n) is 5.11. The SMILES string of the molecule is O=C(CC1CCS(=O)(=O)CC1)OCC(F)(F)F. The molecule has 0 spiro atoms. The van der Waals surface area contributed by atoms with Gasteiger partial charge in [0.2, 0.25) is 0 Å². The zero-order chi connectivity index (χ0) is 13.1. The molecule has 1 aliphatic rings. The highest BCUT2D eigenvalue weighted by molar-refractivity contribution is 7.91. The van der Waals surface area contributed by atoms with Crippen LogP contribution < -0.4 is 0 Å². The molecule has 0 aromatic carbocycles. The lowest BCUT2D eigenvalue weighted by molar-refractivity contribution is -0.186. The van der Waals surface area contributed by atoms with E-state index in [1.807, 2.05) is 0 Å². The van der Waals surface area contributed by atoms with Crippen molar-refractivity contribution in [2.45, 2.75) is 25.4 Å². The van der Waals surface area contributed by atoms with Gasteiger partial charge in [0.25, 0.3) is 0 Å². The molecule has 0 unspecified atom stereocenters. The molecule has 8 heteroatoms. The van der Waals surface area contributed by atoms with E-state index in [-0.39, 0.29) is 23.8 Å². The van der Waals surface area contributed by atoms with Crippen molar-refractivity contribution in [2.24, 2.45) is 5.92 Å². The molecule has 17 heavy (non-hydrogen) atoms. The minimum atomic E-state index is -4.52. The Morgan fingerprint density at radius 3 is 2.24 bits per heavy atom. The Morgan fingerprint density at radius 2 is 1.76 bits per heavy atom. The molecule has 0 atom stereocenters. The zero-order valence-electron chi connectivity index (χ0n) is 9.00. The summed E-state index contributed by atoms with van der Waals surface area (Å²) < 4.78 is 61.4. The van der Waals surface area contributed by atoms with Gasteiger partial charge in [0, 0.05) is 6.42 Å². The molecule has 1 rings (SSSR count). The van der Waals surface area contributed by atoms with Crippen LogP contribution in [0.5, 0.6) is 0 Å². The third-order valence-corrected chi connectivity index (χ3v) is 4.24. The van der Waals surface area contributed by atoms with Crippen molar-refractivity contribution in [3.8, 4) is 0 Å². The van der Waals surface area contributed by atoms with E-state index in [0.29, 0.717) is 12.8 Å². The van der Waals surface area contributed by atoms with E-state index in [4.69, 9.17) is 0 Å². The van der Waals surface area contributed by atoms with Crippen LogP contribution in [-0.2, 0) is 19.4 Å². The smallest absolute Gasteiger partial charge is 0.422 e. The molecule has 0 N–H and O–H groups in total. The van der Waals surface area contributed by atoms with Gasteiger partial charge in [-0.05, 0) is 18.8 Å². The van der Waals surface area contributed by atoms with Gasteiger partial charge in [-0.3, -0.25) is 4.79 Å². The topological polar surface area (TPSA) is 60.4 Å². The standard InChI is InChI=1S/C9H13F3O4S/c10-9(11,12)6-16-8(13)5-7-1-3-17(14,15)4-2-7/h7H,1-6H2. The number of rotatable bonds is 3. The molecule has 1 heterocycles. The van der Waals surface area contributed by atoms with Crippen LogP contribution in [0, 0.1) is 5.92 Å². The van der Waals surface area contributed by atoms with Crippen LogP contribution in [-0.4, -0.2) is 38.7 Å². The first-order chi connectivity index (χ1) is 7.68. The van der Waals surface area contributed by atoms with Crippen LogP contribution in [0.15, 0.2) is 0 Å². The van der Waals surface area contributed by atoms with Gasteiger partial charge < -0.3 is 4.74 Å². The van der Waals surface area contributed by atoms with Gasteiger partial charge in [0.1, 0.15) is 9.84 Å². The van der Waals surface area contributed by atoms with E-state index < -0.39 is 28.6 Å². The first kappa shape index (κ1) is 14.3. The normalized spacial score (nSPS) is 21.1. The first-order valence-corrected chi connectivity index (χ1v) is 6.93. The maximum absolute atomic E-state index is 11.7. The molecule has 0 aromatic rings. The van der Waals surface area contributed by atoms with Gasteiger partial charge in [-0.15, -0.1) is 0 Å². The average Bonchev–Trinajstić information content (AvgIpc) is 2.17. The molecule has 4 nitrogen and oxygen atoms in total. The minimum absolute atomic E-state index is 0.00970. The zero-order valence-corrected chi connectivity index (χ0v) is 9.81. The number of ether oxygens (including phenoxy) is 1. The second-order valence-corrected chi connectivity index (χ2v) is 6.38. The van der Waals surface area contributed by atoms with E-state index in [9.17, 15) is 26.4 Å². The van der Waals surface area contributed by atoms with E-state index >= 15 is 0 Å². The molecular weight excluding hydrogens is 261 g/mol. The van der Waals surface area contributed by atoms with Crippen LogP contribution >= 0.6 is 0 Å². The molecule has 0 aliphatic carbocycles. The molecule has 0 radical (unpaired) electrons. The molecular formula is C9H13F3O4S. The quantitative estimate of drug-likeness (QED) is 0.728. The third-order valence-electron chi connectivity index (χ3n) is 2.53. The Kier molecular flexibility index (Phi) is 4.40. The average molecular weight is 274 g/mol. The Balaban J connectivity index is 2.29. The van der Waals surface area contributed by atoms with Gasteiger partial charge in [0.05, 0.1) is 11.5 Å². The lowest BCUT2D eigenvalue weighted by Gasteiger charge is -2.20. The Hall–Kier alpha value is -0.790. The fraction of sp³-hybridized carbons (Fsp3) is 0.889. The van der Waals surface area contributed by atoms with Crippen LogP contribution in [0.4, 0.5) is 13.2 Å². The third kappa shape index (κ3) is 5.90. The number of esters is 1. The summed E-state index contributed by atoms with van der Waals surface area (Å²) in [6.45, 7) is -1.59. The monoisotopic (exact) mass is 274 g/mol. The van der Waals surface area contributed by atoms with Crippen LogP contribution in [0.3, 0.4) is 0 Å². The fourth-order valence-corrected chi connectivity index (χ4v) is 3.19. The van der Waals surface area contributed by atoms with Gasteiger partial charge in [-0.1, -0.05) is 0 Å². The number of hydrogen-bond donors (Lipinski definition) is 0. The summed E-state index contributed by atoms with van der Waals surface area (Å²) in [6, 6.07) is 0. The van der Waals surface area contributed by atoms with Gasteiger partial charge in [-0.25, -0.2) is 8.42 Å². The Morgan fingerprint density at radius 1 is 1.24 bits per heavy atom. The largest absolute Gasteiger partial charge is 0.456 e. The molecule has 0 saturated carbocycles. The lowest BCUT2D eigenvalue weighted by Crippen LogP contribution is -2.27. The van der Waals surface area contributed by atoms with Gasteiger partial charge in [-0.2, -0.15) is 13.2 Å². The van der Waals surface area contributed by atoms with Crippen molar-refractivity contribution in [3.63, 3.8) is 0 Å². The fourth-order valence-electron chi connectivity index (χ4n) is 1.60. The summed E-state index contributed by atoms with van der Waals surface area (Å²) in [5.74, 6) is -1.14. The van der Waals surface area contributed by atoms with Crippen LogP contribution in [0.1, 0.15) is 19.3 Å². The summed E-state index contributed by atoms with van der Waals surface area (Å²) in [6.07, 6.45) is -4.05. The molecule has 0 amide bonds. The van der Waals surface area contributed by atoms with Crippen LogP contribution in [0.25, 0.3) is 0 Å². The predicted octanol–water partition coefficient (Wildman–Crippen LogP) is 1.31. The van der Waals surface area contributed by atoms with Crippen molar-refractivity contribution in [3.05, 3.63) is 0 Å². The predicted molar refractivity (Wildman–Crippen MR) is 53.0 cm³/mol. The molecule has 1 fully saturated rings. The minimum Gasteiger partial charge on any atom is -0.456 e. The summed E-state index contributed by atoms with van der Waals surface area (Å²) in [5, 5.41) is 0. The lowest BCUT2D eigenvalue weighted by atomic mass is 9.99. The number of carbonyl (C=O) groups excluding carboxylic acids is 1. The number of carbonyl (C=O) groups is 1. The molecule has 0 aromatic heterocycles. The summed E-state index contributed by atoms with van der Waals surface area (Å²) in [4.78, 5) is 11.0. The molecule has 100 valence electrons. The second kappa shape index (κ2) is 5.24. The summed E-state index contributed by atoms with van der Waals surface area (Å²) >= 11 is 0. The van der Waals surface area contributed by atoms with E-state index in [1.54, 1.807) is 0 Å². The Bertz CT molecular complexity index is 360. The van der Waals surface area contributed by atoms with Crippen molar-refractivity contribution < 1.29 is 31.1 Å². The van der Waals surface area contributed by atoms with E-state index in [1.165, 1.54) is 0 Å². The van der Waals surface area contributed by atoms with E-state index in [0.717, 1.165) is 0 Å². The number of halogens is 3. The maximum Gasteiger partial charge on any atom is 0.422 e. The highest BCUT2D eigenvalue weighted by Crippen LogP contribution is 2.23. The van der Waals surface area contributed by atoms with Crippen molar-refractivity contribution in [1.29, 1.82) is 0 Å². The van der Waals surface area contributed by atoms with Gasteiger partial charge >= 0.3 is 12.1 Å². The molecule has 1 aliphatic heterocycles. The molecule has 0 bridgehead atoms. The highest BCUT2D eigenvalue weighted by atomic mass is 32.2. The number of hydrogen-bond acceptors (Lipinski definition) is 4. The van der Waals surface area contributed by atoms with E-state index in [2.05, 4.69) is 4.74 Å². The maximum atomic E-state index is 11.7. The van der Waals surface area contributed by atoms with Crippen LogP contribution in [0.2, 0.25) is 0 Å². The highest BCUT2D eigenvalue weighted by Gasteiger charge is 2.31. The number of alkyl halides is 3. The Labute approximate surface area is 97.1 Å². The molecule has 1 saturated heterocycles. The second-order valence-electron chi connectivity index (χ2n) is 4.08. The summed E-state index contributed by atoms with van der Waals surface area (Å²) in [7, 11) is -3.02.